The molecule has 1 amide bonds. The number of carbonyl (C=O) groups excluding carboxylic acids is 1. The summed E-state index contributed by atoms with van der Waals surface area (Å²) in [7, 11) is -3.51. The SMILES string of the molecule is CS(=O)(=O)c1cccc(C(=O)N(Oc2ccc(C(=S)CC3=NCCN3)cc2)C(=N)N)c1.Cl.Cl. The van der Waals surface area contributed by atoms with E-state index in [0.717, 1.165) is 30.7 Å². The van der Waals surface area contributed by atoms with Gasteiger partial charge in [0.05, 0.1) is 11.4 Å². The van der Waals surface area contributed by atoms with Crippen LogP contribution in [0.25, 0.3) is 0 Å². The summed E-state index contributed by atoms with van der Waals surface area (Å²) in [5, 5.41) is 11.4. The number of hydrogen-bond donors (Lipinski definition) is 3. The second-order valence-electron chi connectivity index (χ2n) is 6.76. The summed E-state index contributed by atoms with van der Waals surface area (Å²) in [6.07, 6.45) is 1.57. The predicted molar refractivity (Wildman–Crippen MR) is 136 cm³/mol. The Labute approximate surface area is 209 Å². The number of amides is 1. The van der Waals surface area contributed by atoms with E-state index in [1.54, 1.807) is 24.3 Å². The average Bonchev–Trinajstić information content (AvgIpc) is 3.24. The van der Waals surface area contributed by atoms with Crippen LogP contribution < -0.4 is 15.9 Å². The zero-order valence-electron chi connectivity index (χ0n) is 17.5. The van der Waals surface area contributed by atoms with Gasteiger partial charge in [0.1, 0.15) is 5.84 Å². The van der Waals surface area contributed by atoms with Crippen molar-refractivity contribution in [2.24, 2.45) is 10.7 Å². The Bertz CT molecular complexity index is 1170. The molecule has 0 unspecified atom stereocenters. The third-order valence-corrected chi connectivity index (χ3v) is 5.85. The smallest absolute Gasteiger partial charge is 0.294 e. The van der Waals surface area contributed by atoms with Crippen LogP contribution in [-0.4, -0.2) is 55.4 Å². The van der Waals surface area contributed by atoms with Gasteiger partial charge in [-0.05, 0) is 35.9 Å². The summed E-state index contributed by atoms with van der Waals surface area (Å²) in [6.45, 7) is 1.56. The molecule has 3 rings (SSSR count). The van der Waals surface area contributed by atoms with E-state index in [0.29, 0.717) is 16.3 Å². The molecule has 9 nitrogen and oxygen atoms in total. The van der Waals surface area contributed by atoms with Gasteiger partial charge in [-0.15, -0.1) is 29.9 Å². The van der Waals surface area contributed by atoms with Crippen molar-refractivity contribution in [3.63, 3.8) is 0 Å². The molecule has 1 aliphatic rings. The summed E-state index contributed by atoms with van der Waals surface area (Å²) >= 11 is 5.45. The van der Waals surface area contributed by atoms with E-state index >= 15 is 0 Å². The van der Waals surface area contributed by atoms with Crippen molar-refractivity contribution in [2.45, 2.75) is 11.3 Å². The number of halogens is 2. The Balaban J connectivity index is 0.00000272. The second kappa shape index (κ2) is 11.9. The van der Waals surface area contributed by atoms with Crippen molar-refractivity contribution in [1.82, 2.24) is 10.4 Å². The van der Waals surface area contributed by atoms with Crippen molar-refractivity contribution in [3.05, 3.63) is 59.7 Å². The number of rotatable bonds is 7. The lowest BCUT2D eigenvalue weighted by molar-refractivity contribution is 0.0153. The maximum atomic E-state index is 12.8. The van der Waals surface area contributed by atoms with Gasteiger partial charge in [-0.2, -0.15) is 0 Å². The van der Waals surface area contributed by atoms with Crippen LogP contribution in [0.1, 0.15) is 22.3 Å². The summed E-state index contributed by atoms with van der Waals surface area (Å²) in [4.78, 5) is 23.3. The highest BCUT2D eigenvalue weighted by Gasteiger charge is 2.23. The van der Waals surface area contributed by atoms with Gasteiger partial charge in [0.25, 0.3) is 5.91 Å². The first-order valence-electron chi connectivity index (χ1n) is 9.22. The van der Waals surface area contributed by atoms with Gasteiger partial charge in [-0.25, -0.2) is 8.42 Å². The number of nitrogens with one attached hydrogen (secondary N) is 2. The standard InChI is InChI=1S/C20H21N5O4S2.2ClH/c1-31(27,28)16-4-2-3-14(11-16)19(26)25(20(21)22)29-15-7-5-13(6-8-15)17(30)12-18-23-9-10-24-18;;/h2-8,11H,9-10,12H2,1H3,(H3,21,22)(H,23,24);2*1H. The largest absolute Gasteiger partial charge is 0.372 e. The van der Waals surface area contributed by atoms with Crippen molar-refractivity contribution >= 4 is 69.4 Å². The molecule has 0 aliphatic carbocycles. The van der Waals surface area contributed by atoms with Crippen LogP contribution >= 0.6 is 37.0 Å². The van der Waals surface area contributed by atoms with E-state index < -0.39 is 21.7 Å². The van der Waals surface area contributed by atoms with Crippen LogP contribution in [-0.2, 0) is 9.84 Å². The van der Waals surface area contributed by atoms with Gasteiger partial charge in [0, 0.05) is 29.6 Å². The Morgan fingerprint density at radius 2 is 1.88 bits per heavy atom. The molecule has 33 heavy (non-hydrogen) atoms. The quantitative estimate of drug-likeness (QED) is 0.164. The number of benzene rings is 2. The highest BCUT2D eigenvalue weighted by Crippen LogP contribution is 2.18. The fourth-order valence-corrected chi connectivity index (χ4v) is 3.74. The Hall–Kier alpha value is -2.73. The number of hydrogen-bond acceptors (Lipinski definition) is 8. The van der Waals surface area contributed by atoms with Crippen LogP contribution in [0.15, 0.2) is 58.4 Å². The topological polar surface area (TPSA) is 138 Å². The number of guanidine groups is 1. The molecule has 0 saturated carbocycles. The molecule has 2 aromatic carbocycles. The molecule has 0 bridgehead atoms. The maximum Gasteiger partial charge on any atom is 0.294 e. The van der Waals surface area contributed by atoms with Gasteiger partial charge in [0.2, 0.25) is 5.96 Å². The molecule has 2 aromatic rings. The zero-order valence-corrected chi connectivity index (χ0v) is 20.7. The van der Waals surface area contributed by atoms with Crippen molar-refractivity contribution in [2.75, 3.05) is 19.3 Å². The third kappa shape index (κ3) is 7.39. The van der Waals surface area contributed by atoms with Crippen molar-refractivity contribution in [3.8, 4) is 5.75 Å². The van der Waals surface area contributed by atoms with Gasteiger partial charge in [0.15, 0.2) is 15.6 Å². The lowest BCUT2D eigenvalue weighted by Crippen LogP contribution is -2.43. The first-order valence-corrected chi connectivity index (χ1v) is 11.5. The van der Waals surface area contributed by atoms with E-state index in [-0.39, 0.29) is 41.0 Å². The summed E-state index contributed by atoms with van der Waals surface area (Å²) in [5.74, 6) is -0.316. The van der Waals surface area contributed by atoms with Gasteiger partial charge in [-0.1, -0.05) is 30.4 Å². The normalized spacial score (nSPS) is 12.3. The molecule has 0 fully saturated rings. The summed E-state index contributed by atoms with van der Waals surface area (Å²) in [6, 6.07) is 12.1. The maximum absolute atomic E-state index is 12.8. The summed E-state index contributed by atoms with van der Waals surface area (Å²) < 4.78 is 23.5. The number of amidine groups is 1. The lowest BCUT2D eigenvalue weighted by Gasteiger charge is -2.20. The van der Waals surface area contributed by atoms with E-state index in [4.69, 9.17) is 28.2 Å². The Kier molecular flexibility index (Phi) is 10.2. The molecule has 0 radical (unpaired) electrons. The fraction of sp³-hybridized carbons (Fsp3) is 0.200. The molecule has 0 saturated heterocycles. The first kappa shape index (κ1) is 28.3. The minimum absolute atomic E-state index is 0. The van der Waals surface area contributed by atoms with E-state index in [9.17, 15) is 13.2 Å². The van der Waals surface area contributed by atoms with Gasteiger partial charge >= 0.3 is 0 Å². The zero-order chi connectivity index (χ0) is 22.6. The minimum atomic E-state index is -3.51. The summed E-state index contributed by atoms with van der Waals surface area (Å²) in [5.41, 5.74) is 6.34. The van der Waals surface area contributed by atoms with Crippen molar-refractivity contribution in [1.29, 1.82) is 5.41 Å². The lowest BCUT2D eigenvalue weighted by atomic mass is 10.1. The number of hydroxylamine groups is 2. The highest BCUT2D eigenvalue weighted by atomic mass is 35.5. The molecule has 13 heteroatoms. The molecule has 1 aliphatic heterocycles. The highest BCUT2D eigenvalue weighted by molar-refractivity contribution is 7.90. The molecular weight excluding hydrogens is 509 g/mol. The Morgan fingerprint density at radius 3 is 2.42 bits per heavy atom. The molecule has 0 aromatic heterocycles. The number of thiocarbonyl (C=S) groups is 1. The van der Waals surface area contributed by atoms with Crippen LogP contribution in [0.3, 0.4) is 0 Å². The number of carbonyl (C=O) groups is 1. The fourth-order valence-electron chi connectivity index (χ4n) is 2.80. The molecule has 178 valence electrons. The second-order valence-corrected chi connectivity index (χ2v) is 9.26. The number of aliphatic imine (C=N–C) groups is 1. The predicted octanol–water partition coefficient (Wildman–Crippen LogP) is 2.37. The Morgan fingerprint density at radius 1 is 1.21 bits per heavy atom. The van der Waals surface area contributed by atoms with Gasteiger partial charge in [-0.3, -0.25) is 15.2 Å². The van der Waals surface area contributed by atoms with Crippen LogP contribution in [0.4, 0.5) is 0 Å². The monoisotopic (exact) mass is 531 g/mol. The number of nitrogens with two attached hydrogens (primary N) is 1. The van der Waals surface area contributed by atoms with E-state index in [1.807, 2.05) is 0 Å². The molecule has 1 heterocycles. The van der Waals surface area contributed by atoms with Crippen LogP contribution in [0.5, 0.6) is 5.75 Å². The first-order chi connectivity index (χ1) is 14.6. The van der Waals surface area contributed by atoms with Gasteiger partial charge < -0.3 is 15.9 Å². The van der Waals surface area contributed by atoms with Crippen molar-refractivity contribution < 1.29 is 18.0 Å². The number of nitrogens with zero attached hydrogens (tertiary/aromatic N) is 2. The number of sulfone groups is 1. The van der Waals surface area contributed by atoms with E-state index in [2.05, 4.69) is 10.3 Å². The van der Waals surface area contributed by atoms with Crippen LogP contribution in [0.2, 0.25) is 0 Å². The third-order valence-electron chi connectivity index (χ3n) is 4.36. The average molecular weight is 532 g/mol. The van der Waals surface area contributed by atoms with Crippen LogP contribution in [0, 0.1) is 5.41 Å². The molecular formula is C20H23Cl2N5O4S2. The minimum Gasteiger partial charge on any atom is -0.372 e. The molecule has 4 N–H and O–H groups in total. The van der Waals surface area contributed by atoms with E-state index in [1.165, 1.54) is 24.3 Å². The molecule has 0 atom stereocenters. The molecule has 0 spiro atoms.